The van der Waals surface area contributed by atoms with Crippen molar-refractivity contribution in [1.29, 1.82) is 0 Å². The van der Waals surface area contributed by atoms with Crippen molar-refractivity contribution in [3.05, 3.63) is 51.5 Å². The van der Waals surface area contributed by atoms with E-state index in [2.05, 4.69) is 64.0 Å². The monoisotopic (exact) mass is 292 g/mol. The van der Waals surface area contributed by atoms with Crippen LogP contribution in [0.4, 0.5) is 0 Å². The molecule has 2 aromatic rings. The van der Waals surface area contributed by atoms with Gasteiger partial charge in [-0.2, -0.15) is 0 Å². The van der Waals surface area contributed by atoms with Crippen LogP contribution < -0.4 is 0 Å². The molecular formula is C14H17BrN2. The highest BCUT2D eigenvalue weighted by atomic mass is 79.9. The number of aromatic amines is 1. The molecule has 1 aromatic carbocycles. The molecule has 0 unspecified atom stereocenters. The van der Waals surface area contributed by atoms with Gasteiger partial charge in [0.2, 0.25) is 0 Å². The molecule has 0 spiro atoms. The minimum atomic E-state index is 0.588. The summed E-state index contributed by atoms with van der Waals surface area (Å²) in [7, 11) is 0. The van der Waals surface area contributed by atoms with Crippen molar-refractivity contribution < 1.29 is 0 Å². The Kier molecular flexibility index (Phi) is 3.67. The van der Waals surface area contributed by atoms with Gasteiger partial charge in [0.1, 0.15) is 10.4 Å². The zero-order valence-corrected chi connectivity index (χ0v) is 12.0. The lowest BCUT2D eigenvalue weighted by atomic mass is 10.0. The fourth-order valence-electron chi connectivity index (χ4n) is 1.85. The fraction of sp³-hybridized carbons (Fsp3) is 0.357. The van der Waals surface area contributed by atoms with Gasteiger partial charge in [0.25, 0.3) is 0 Å². The second-order valence-corrected chi connectivity index (χ2v) is 5.42. The number of imidazole rings is 1. The minimum absolute atomic E-state index is 0.588. The molecule has 2 nitrogen and oxygen atoms in total. The van der Waals surface area contributed by atoms with Crippen molar-refractivity contribution in [2.45, 2.75) is 33.1 Å². The Balaban J connectivity index is 2.16. The molecule has 0 saturated carbocycles. The Morgan fingerprint density at radius 3 is 2.35 bits per heavy atom. The Morgan fingerprint density at radius 1 is 1.24 bits per heavy atom. The predicted octanol–water partition coefficient (Wildman–Crippen LogP) is 4.19. The van der Waals surface area contributed by atoms with Gasteiger partial charge in [-0.15, -0.1) is 0 Å². The van der Waals surface area contributed by atoms with Crippen LogP contribution in [-0.2, 0) is 6.42 Å². The van der Waals surface area contributed by atoms with Crippen LogP contribution in [0.3, 0.4) is 0 Å². The summed E-state index contributed by atoms with van der Waals surface area (Å²) in [6.07, 6.45) is 0.889. The quantitative estimate of drug-likeness (QED) is 0.903. The lowest BCUT2D eigenvalue weighted by Crippen LogP contribution is -1.92. The van der Waals surface area contributed by atoms with Gasteiger partial charge in [-0.3, -0.25) is 0 Å². The van der Waals surface area contributed by atoms with E-state index in [4.69, 9.17) is 0 Å². The fourth-order valence-corrected chi connectivity index (χ4v) is 2.36. The van der Waals surface area contributed by atoms with Gasteiger partial charge in [0, 0.05) is 6.42 Å². The Morgan fingerprint density at radius 2 is 1.88 bits per heavy atom. The second-order valence-electron chi connectivity index (χ2n) is 4.66. The molecule has 0 saturated heterocycles. The zero-order chi connectivity index (χ0) is 12.4. The number of nitrogens with one attached hydrogen (secondary N) is 1. The van der Waals surface area contributed by atoms with E-state index in [0.717, 1.165) is 22.5 Å². The molecule has 1 N–H and O–H groups in total. The van der Waals surface area contributed by atoms with Crippen LogP contribution in [-0.4, -0.2) is 9.97 Å². The zero-order valence-electron chi connectivity index (χ0n) is 10.4. The first-order valence-corrected chi connectivity index (χ1v) is 6.65. The van der Waals surface area contributed by atoms with Crippen LogP contribution in [0.15, 0.2) is 28.9 Å². The van der Waals surface area contributed by atoms with Gasteiger partial charge >= 0.3 is 0 Å². The molecule has 3 heteroatoms. The van der Waals surface area contributed by atoms with E-state index in [0.29, 0.717) is 5.92 Å². The largest absolute Gasteiger partial charge is 0.345 e. The van der Waals surface area contributed by atoms with E-state index in [-0.39, 0.29) is 0 Å². The molecule has 0 bridgehead atoms. The van der Waals surface area contributed by atoms with Gasteiger partial charge < -0.3 is 4.98 Å². The van der Waals surface area contributed by atoms with Crippen LogP contribution >= 0.6 is 15.9 Å². The van der Waals surface area contributed by atoms with Crippen molar-refractivity contribution in [2.24, 2.45) is 0 Å². The van der Waals surface area contributed by atoms with Crippen LogP contribution in [0.2, 0.25) is 0 Å². The standard InChI is InChI=1S/C14H17BrN2/c1-9(2)12-6-4-11(5-7-12)8-13-14(15)17-10(3)16-13/h4-7,9H,8H2,1-3H3,(H,16,17). The number of rotatable bonds is 3. The summed E-state index contributed by atoms with van der Waals surface area (Å²) in [6, 6.07) is 8.80. The van der Waals surface area contributed by atoms with Crippen molar-refractivity contribution in [1.82, 2.24) is 9.97 Å². The third-order valence-electron chi connectivity index (χ3n) is 2.87. The van der Waals surface area contributed by atoms with Crippen LogP contribution in [0, 0.1) is 6.92 Å². The van der Waals surface area contributed by atoms with E-state index in [1.807, 2.05) is 6.92 Å². The maximum Gasteiger partial charge on any atom is 0.127 e. The molecule has 17 heavy (non-hydrogen) atoms. The molecular weight excluding hydrogens is 276 g/mol. The van der Waals surface area contributed by atoms with E-state index in [1.165, 1.54) is 11.1 Å². The van der Waals surface area contributed by atoms with E-state index < -0.39 is 0 Å². The molecule has 0 amide bonds. The van der Waals surface area contributed by atoms with Crippen LogP contribution in [0.1, 0.15) is 42.4 Å². The molecule has 0 fully saturated rings. The Bertz CT molecular complexity index is 497. The van der Waals surface area contributed by atoms with Crippen molar-refractivity contribution in [3.63, 3.8) is 0 Å². The number of benzene rings is 1. The third-order valence-corrected chi connectivity index (χ3v) is 3.53. The number of nitrogens with zero attached hydrogens (tertiary/aromatic N) is 1. The van der Waals surface area contributed by atoms with Gasteiger partial charge in [-0.05, 0) is 39.9 Å². The predicted molar refractivity (Wildman–Crippen MR) is 74.4 cm³/mol. The van der Waals surface area contributed by atoms with E-state index >= 15 is 0 Å². The molecule has 0 atom stereocenters. The van der Waals surface area contributed by atoms with Gasteiger partial charge in [-0.25, -0.2) is 4.98 Å². The van der Waals surface area contributed by atoms with Crippen LogP contribution in [0.5, 0.6) is 0 Å². The van der Waals surface area contributed by atoms with Gasteiger partial charge in [-0.1, -0.05) is 38.1 Å². The number of halogens is 1. The van der Waals surface area contributed by atoms with E-state index in [1.54, 1.807) is 0 Å². The molecule has 0 radical (unpaired) electrons. The van der Waals surface area contributed by atoms with Crippen molar-refractivity contribution in [3.8, 4) is 0 Å². The first-order valence-electron chi connectivity index (χ1n) is 5.86. The normalized spacial score (nSPS) is 11.1. The summed E-state index contributed by atoms with van der Waals surface area (Å²) in [5.74, 6) is 1.54. The average molecular weight is 293 g/mol. The topological polar surface area (TPSA) is 28.7 Å². The van der Waals surface area contributed by atoms with Gasteiger partial charge in [0.15, 0.2) is 0 Å². The molecule has 0 aliphatic rings. The maximum atomic E-state index is 4.31. The summed E-state index contributed by atoms with van der Waals surface area (Å²) in [5, 5.41) is 0. The highest BCUT2D eigenvalue weighted by Gasteiger charge is 2.06. The van der Waals surface area contributed by atoms with Crippen molar-refractivity contribution >= 4 is 15.9 Å². The molecule has 90 valence electrons. The molecule has 2 rings (SSSR count). The number of aryl methyl sites for hydroxylation is 1. The molecule has 0 aliphatic carbocycles. The third kappa shape index (κ3) is 2.97. The number of hydrogen-bond acceptors (Lipinski definition) is 1. The summed E-state index contributed by atoms with van der Waals surface area (Å²) < 4.78 is 0.919. The molecule has 1 heterocycles. The first kappa shape index (κ1) is 12.4. The number of hydrogen-bond donors (Lipinski definition) is 1. The second kappa shape index (κ2) is 5.05. The molecule has 0 aliphatic heterocycles. The van der Waals surface area contributed by atoms with Crippen molar-refractivity contribution in [2.75, 3.05) is 0 Å². The van der Waals surface area contributed by atoms with Gasteiger partial charge in [0.05, 0.1) is 5.69 Å². The summed E-state index contributed by atoms with van der Waals surface area (Å²) in [6.45, 7) is 6.39. The Labute approximate surface area is 111 Å². The van der Waals surface area contributed by atoms with Crippen LogP contribution in [0.25, 0.3) is 0 Å². The minimum Gasteiger partial charge on any atom is -0.345 e. The average Bonchev–Trinajstić information content (AvgIpc) is 2.58. The Hall–Kier alpha value is -1.09. The highest BCUT2D eigenvalue weighted by molar-refractivity contribution is 9.10. The SMILES string of the molecule is Cc1nc(Br)c(Cc2ccc(C(C)C)cc2)[nH]1. The maximum absolute atomic E-state index is 4.31. The summed E-state index contributed by atoms with van der Waals surface area (Å²) in [5.41, 5.74) is 3.83. The molecule has 1 aromatic heterocycles. The first-order chi connectivity index (χ1) is 8.06. The lowest BCUT2D eigenvalue weighted by molar-refractivity contribution is 0.865. The highest BCUT2D eigenvalue weighted by Crippen LogP contribution is 2.19. The smallest absolute Gasteiger partial charge is 0.127 e. The number of H-pyrrole nitrogens is 1. The van der Waals surface area contributed by atoms with E-state index in [9.17, 15) is 0 Å². The number of aromatic nitrogens is 2. The summed E-state index contributed by atoms with van der Waals surface area (Å²) in [4.78, 5) is 7.59. The lowest BCUT2D eigenvalue weighted by Gasteiger charge is -2.06. The summed E-state index contributed by atoms with van der Waals surface area (Å²) >= 11 is 3.47.